The van der Waals surface area contributed by atoms with E-state index in [4.69, 9.17) is 4.74 Å². The van der Waals surface area contributed by atoms with Crippen molar-refractivity contribution in [2.75, 3.05) is 18.1 Å². The van der Waals surface area contributed by atoms with Crippen LogP contribution in [-0.4, -0.2) is 32.6 Å². The van der Waals surface area contributed by atoms with Gasteiger partial charge < -0.3 is 4.74 Å². The molecule has 0 aromatic heterocycles. The van der Waals surface area contributed by atoms with Gasteiger partial charge in [0.15, 0.2) is 5.01 Å². The number of nitrogens with one attached hydrogen (secondary N) is 1. The molecule has 94 valence electrons. The second-order valence-electron chi connectivity index (χ2n) is 3.37. The van der Waals surface area contributed by atoms with E-state index in [1.165, 1.54) is 31.4 Å². The first kappa shape index (κ1) is 14.1. The van der Waals surface area contributed by atoms with Crippen LogP contribution in [0.25, 0.3) is 0 Å². The fourth-order valence-electron chi connectivity index (χ4n) is 1.15. The lowest BCUT2D eigenvalue weighted by atomic mass is 10.1. The van der Waals surface area contributed by atoms with Gasteiger partial charge in [-0.1, -0.05) is 0 Å². The van der Waals surface area contributed by atoms with Crippen LogP contribution in [0.2, 0.25) is 0 Å². The summed E-state index contributed by atoms with van der Waals surface area (Å²) in [5, 5.41) is -0.698. The largest absolute Gasteiger partial charge is 0.362 e. The van der Waals surface area contributed by atoms with Gasteiger partial charge in [-0.2, -0.15) is 0 Å². The lowest BCUT2D eigenvalue weighted by molar-refractivity contribution is 0.0805. The summed E-state index contributed by atoms with van der Waals surface area (Å²) in [6.07, 6.45) is 1.06. The molecule has 1 atom stereocenters. The Labute approximate surface area is 108 Å². The van der Waals surface area contributed by atoms with Crippen molar-refractivity contribution in [3.05, 3.63) is 29.8 Å². The number of ketones is 1. The van der Waals surface area contributed by atoms with Crippen molar-refractivity contribution in [2.45, 2.75) is 5.01 Å². The summed E-state index contributed by atoms with van der Waals surface area (Å²) >= 11 is 3.06. The summed E-state index contributed by atoms with van der Waals surface area (Å²) in [7, 11) is -1.89. The highest BCUT2D eigenvalue weighted by Gasteiger charge is 2.15. The maximum atomic E-state index is 11.7. The van der Waals surface area contributed by atoms with Crippen LogP contribution in [0.15, 0.2) is 24.3 Å². The molecule has 17 heavy (non-hydrogen) atoms. The quantitative estimate of drug-likeness (QED) is 0.660. The highest BCUT2D eigenvalue weighted by atomic mass is 79.9. The van der Waals surface area contributed by atoms with Crippen LogP contribution in [0.4, 0.5) is 5.69 Å². The summed E-state index contributed by atoms with van der Waals surface area (Å²) in [6.45, 7) is 0. The number of methoxy groups -OCH3 is 1. The third-order valence-electron chi connectivity index (χ3n) is 1.89. The summed E-state index contributed by atoms with van der Waals surface area (Å²) in [4.78, 5) is 11.7. The number of halogens is 1. The molecule has 1 aromatic carbocycles. The molecule has 0 aliphatic carbocycles. The van der Waals surface area contributed by atoms with E-state index < -0.39 is 15.0 Å². The lowest BCUT2D eigenvalue weighted by Gasteiger charge is -2.08. The number of carbonyl (C=O) groups excluding carboxylic acids is 1. The van der Waals surface area contributed by atoms with Gasteiger partial charge in [0.2, 0.25) is 15.8 Å². The normalized spacial score (nSPS) is 13.1. The molecular formula is C10H12BrNO4S. The Hall–Kier alpha value is -0.920. The number of rotatable bonds is 5. The van der Waals surface area contributed by atoms with E-state index in [1.54, 1.807) is 0 Å². The molecule has 1 rings (SSSR count). The Kier molecular flexibility index (Phi) is 4.67. The van der Waals surface area contributed by atoms with E-state index >= 15 is 0 Å². The number of carbonyl (C=O) groups is 1. The molecule has 0 aliphatic rings. The first-order chi connectivity index (χ1) is 7.83. The van der Waals surface area contributed by atoms with Gasteiger partial charge in [0.1, 0.15) is 0 Å². The smallest absolute Gasteiger partial charge is 0.229 e. The SMILES string of the molecule is COC(Br)C(=O)c1ccc(NS(C)(=O)=O)cc1. The fourth-order valence-corrected chi connectivity index (χ4v) is 1.98. The Morgan fingerprint density at radius 1 is 1.35 bits per heavy atom. The summed E-state index contributed by atoms with van der Waals surface area (Å²) < 4.78 is 29.1. The van der Waals surface area contributed by atoms with Gasteiger partial charge in [0.05, 0.1) is 6.26 Å². The maximum absolute atomic E-state index is 11.7. The number of hydrogen-bond acceptors (Lipinski definition) is 4. The molecule has 5 nitrogen and oxygen atoms in total. The molecule has 0 heterocycles. The summed E-state index contributed by atoms with van der Waals surface area (Å²) in [5.74, 6) is -0.224. The summed E-state index contributed by atoms with van der Waals surface area (Å²) in [6, 6.07) is 6.10. The van der Waals surface area contributed by atoms with Crippen LogP contribution < -0.4 is 4.72 Å². The Bertz CT molecular complexity index is 498. The second kappa shape index (κ2) is 5.61. The molecule has 0 radical (unpaired) electrons. The number of alkyl halides is 1. The number of sulfonamides is 1. The molecule has 0 aliphatic heterocycles. The Balaban J connectivity index is 2.85. The van der Waals surface area contributed by atoms with E-state index in [1.807, 2.05) is 0 Å². The van der Waals surface area contributed by atoms with Crippen LogP contribution in [0.3, 0.4) is 0 Å². The minimum atomic E-state index is -3.30. The van der Waals surface area contributed by atoms with Crippen LogP contribution in [0.1, 0.15) is 10.4 Å². The molecule has 0 spiro atoms. The predicted molar refractivity (Wildman–Crippen MR) is 69.0 cm³/mol. The number of Topliss-reactive ketones (excluding diaryl/α,β-unsaturated/α-hetero) is 1. The lowest BCUT2D eigenvalue weighted by Crippen LogP contribution is -2.16. The van der Waals surface area contributed by atoms with Crippen LogP contribution in [-0.2, 0) is 14.8 Å². The number of benzene rings is 1. The minimum Gasteiger partial charge on any atom is -0.362 e. The molecule has 0 amide bonds. The van der Waals surface area contributed by atoms with Crippen molar-refractivity contribution in [3.8, 4) is 0 Å². The minimum absolute atomic E-state index is 0.224. The van der Waals surface area contributed by atoms with Crippen molar-refractivity contribution in [3.63, 3.8) is 0 Å². The van der Waals surface area contributed by atoms with Crippen molar-refractivity contribution in [2.24, 2.45) is 0 Å². The third-order valence-corrected chi connectivity index (χ3v) is 3.28. The zero-order chi connectivity index (χ0) is 13.1. The standard InChI is InChI=1S/C10H12BrNO4S/c1-16-10(11)9(13)7-3-5-8(6-4-7)12-17(2,14)15/h3-6,10,12H,1-2H3. The Morgan fingerprint density at radius 3 is 2.29 bits per heavy atom. The van der Waals surface area contributed by atoms with Crippen LogP contribution >= 0.6 is 15.9 Å². The highest BCUT2D eigenvalue weighted by molar-refractivity contribution is 9.09. The zero-order valence-electron chi connectivity index (χ0n) is 9.31. The van der Waals surface area contributed by atoms with Crippen molar-refractivity contribution in [1.29, 1.82) is 0 Å². The van der Waals surface area contributed by atoms with Crippen molar-refractivity contribution in [1.82, 2.24) is 0 Å². The molecule has 1 unspecified atom stereocenters. The molecule has 0 fully saturated rings. The van der Waals surface area contributed by atoms with Crippen molar-refractivity contribution < 1.29 is 17.9 Å². The van der Waals surface area contributed by atoms with Crippen LogP contribution in [0.5, 0.6) is 0 Å². The topological polar surface area (TPSA) is 72.5 Å². The summed E-state index contributed by atoms with van der Waals surface area (Å²) in [5.41, 5.74) is 0.848. The van der Waals surface area contributed by atoms with E-state index in [2.05, 4.69) is 20.7 Å². The van der Waals surface area contributed by atoms with E-state index in [0.29, 0.717) is 11.3 Å². The highest BCUT2D eigenvalue weighted by Crippen LogP contribution is 2.15. The third kappa shape index (κ3) is 4.45. The number of ether oxygens (including phenoxy) is 1. The van der Waals surface area contributed by atoms with Gasteiger partial charge in [-0.15, -0.1) is 0 Å². The average Bonchev–Trinajstić information content (AvgIpc) is 2.26. The van der Waals surface area contributed by atoms with Crippen LogP contribution in [0, 0.1) is 0 Å². The van der Waals surface area contributed by atoms with Gasteiger partial charge in [0, 0.05) is 18.4 Å². The first-order valence-electron chi connectivity index (χ1n) is 4.62. The van der Waals surface area contributed by atoms with Gasteiger partial charge in [-0.3, -0.25) is 9.52 Å². The van der Waals surface area contributed by atoms with E-state index in [9.17, 15) is 13.2 Å². The molecular weight excluding hydrogens is 310 g/mol. The van der Waals surface area contributed by atoms with Gasteiger partial charge in [0.25, 0.3) is 0 Å². The van der Waals surface area contributed by atoms with E-state index in [-0.39, 0.29) is 5.78 Å². The zero-order valence-corrected chi connectivity index (χ0v) is 11.7. The second-order valence-corrected chi connectivity index (χ2v) is 5.95. The first-order valence-corrected chi connectivity index (χ1v) is 7.43. The van der Waals surface area contributed by atoms with Gasteiger partial charge in [-0.25, -0.2) is 8.42 Å². The average molecular weight is 322 g/mol. The molecule has 1 N–H and O–H groups in total. The number of hydrogen-bond donors (Lipinski definition) is 1. The van der Waals surface area contributed by atoms with E-state index in [0.717, 1.165) is 6.26 Å². The fraction of sp³-hybridized carbons (Fsp3) is 0.300. The molecule has 7 heteroatoms. The predicted octanol–water partition coefficient (Wildman–Crippen LogP) is 1.61. The molecule has 1 aromatic rings. The molecule has 0 bridgehead atoms. The molecule has 0 saturated carbocycles. The molecule has 0 saturated heterocycles. The van der Waals surface area contributed by atoms with Crippen molar-refractivity contribution >= 4 is 37.4 Å². The number of anilines is 1. The Morgan fingerprint density at radius 2 is 1.88 bits per heavy atom. The maximum Gasteiger partial charge on any atom is 0.229 e. The van der Waals surface area contributed by atoms with Gasteiger partial charge >= 0.3 is 0 Å². The monoisotopic (exact) mass is 321 g/mol. The van der Waals surface area contributed by atoms with Gasteiger partial charge in [-0.05, 0) is 40.2 Å².